The molecule has 5 N–H and O–H groups in total. The van der Waals surface area contributed by atoms with Gasteiger partial charge in [0.25, 0.3) is 11.8 Å². The van der Waals surface area contributed by atoms with Gasteiger partial charge in [0, 0.05) is 16.0 Å². The summed E-state index contributed by atoms with van der Waals surface area (Å²) in [6, 6.07) is 11.1. The molecule has 1 heterocycles. The van der Waals surface area contributed by atoms with Gasteiger partial charge in [-0.25, -0.2) is 0 Å². The number of hydrogen-bond donors (Lipinski definition) is 4. The molecule has 33 heavy (non-hydrogen) atoms. The van der Waals surface area contributed by atoms with Crippen molar-refractivity contribution in [3.63, 3.8) is 0 Å². The van der Waals surface area contributed by atoms with Crippen molar-refractivity contribution in [2.75, 3.05) is 31.0 Å². The molecule has 0 aliphatic heterocycles. The fourth-order valence-electron chi connectivity index (χ4n) is 3.20. The second-order valence-electron chi connectivity index (χ2n) is 6.93. The largest absolute Gasteiger partial charge is 0.495 e. The van der Waals surface area contributed by atoms with Crippen LogP contribution in [0.25, 0.3) is 10.9 Å². The second kappa shape index (κ2) is 9.94. The number of amides is 2. The summed E-state index contributed by atoms with van der Waals surface area (Å²) in [5.41, 5.74) is 10.9. The Hall–Kier alpha value is -3.54. The fourth-order valence-corrected chi connectivity index (χ4v) is 3.63. The van der Waals surface area contributed by atoms with Gasteiger partial charge in [0.2, 0.25) is 0 Å². The molecule has 2 aromatic carbocycles. The van der Waals surface area contributed by atoms with Crippen molar-refractivity contribution in [1.29, 1.82) is 0 Å². The number of carbonyl (C=O) groups excluding carboxylic acids is 2. The minimum atomic E-state index is -4.57. The summed E-state index contributed by atoms with van der Waals surface area (Å²) < 4.78 is 45.4. The minimum Gasteiger partial charge on any atom is -0.495 e. The molecule has 0 atom stereocenters. The number of nitrogens with zero attached hydrogens (tertiary/aromatic N) is 1. The zero-order chi connectivity index (χ0) is 24.2. The van der Waals surface area contributed by atoms with Crippen molar-refractivity contribution >= 4 is 45.9 Å². The first-order valence-corrected chi connectivity index (χ1v) is 10.8. The summed E-state index contributed by atoms with van der Waals surface area (Å²) in [5.74, 6) is -0.990. The number of nitrogen functional groups attached to an aromatic ring is 1. The van der Waals surface area contributed by atoms with Crippen LogP contribution < -0.4 is 26.6 Å². The molecule has 0 saturated carbocycles. The number of hydrogen-bond acceptors (Lipinski definition) is 6. The molecule has 0 radical (unpaired) electrons. The van der Waals surface area contributed by atoms with Gasteiger partial charge in [-0.1, -0.05) is 6.07 Å². The molecule has 0 unspecified atom stereocenters. The number of methoxy groups -OCH3 is 1. The number of hydrazine groups is 1. The molecular weight excluding hydrogens is 459 g/mol. The van der Waals surface area contributed by atoms with E-state index in [1.54, 1.807) is 12.1 Å². The summed E-state index contributed by atoms with van der Waals surface area (Å²) in [4.78, 5) is 25.7. The summed E-state index contributed by atoms with van der Waals surface area (Å²) in [6.45, 7) is -1.60. The molecule has 176 valence electrons. The quantitative estimate of drug-likeness (QED) is 0.234. The number of nitrogens with two attached hydrogens (primary N) is 1. The maximum atomic E-state index is 13.1. The van der Waals surface area contributed by atoms with Gasteiger partial charge in [-0.2, -0.15) is 13.2 Å². The number of rotatable bonds is 7. The number of thioether (sulfide) groups is 1. The van der Waals surface area contributed by atoms with Crippen molar-refractivity contribution in [3.05, 3.63) is 48.2 Å². The van der Waals surface area contributed by atoms with Gasteiger partial charge >= 0.3 is 6.18 Å². The highest BCUT2D eigenvalue weighted by Gasteiger charge is 2.31. The van der Waals surface area contributed by atoms with Crippen LogP contribution in [0.1, 0.15) is 10.5 Å². The van der Waals surface area contributed by atoms with E-state index in [0.29, 0.717) is 16.8 Å². The number of alkyl halides is 3. The van der Waals surface area contributed by atoms with E-state index < -0.39 is 24.5 Å². The van der Waals surface area contributed by atoms with E-state index in [1.807, 2.05) is 12.3 Å². The lowest BCUT2D eigenvalue weighted by Gasteiger charge is -2.14. The summed E-state index contributed by atoms with van der Waals surface area (Å²) in [6.07, 6.45) is -2.65. The Bertz CT molecular complexity index is 1180. The van der Waals surface area contributed by atoms with Crippen LogP contribution >= 0.6 is 11.8 Å². The van der Waals surface area contributed by atoms with Crippen molar-refractivity contribution in [3.8, 4) is 5.75 Å². The highest BCUT2D eigenvalue weighted by molar-refractivity contribution is 7.98. The third-order valence-corrected chi connectivity index (χ3v) is 5.44. The number of aromatic nitrogens is 1. The zero-order valence-corrected chi connectivity index (χ0v) is 18.6. The van der Waals surface area contributed by atoms with E-state index in [2.05, 4.69) is 16.2 Å². The van der Waals surface area contributed by atoms with E-state index in [9.17, 15) is 22.8 Å². The van der Waals surface area contributed by atoms with E-state index in [1.165, 1.54) is 43.1 Å². The van der Waals surface area contributed by atoms with Crippen LogP contribution in [-0.2, 0) is 11.3 Å². The van der Waals surface area contributed by atoms with Gasteiger partial charge in [0.15, 0.2) is 0 Å². The predicted molar refractivity (Wildman–Crippen MR) is 121 cm³/mol. The van der Waals surface area contributed by atoms with Crippen LogP contribution in [0, 0.1) is 0 Å². The topological polar surface area (TPSA) is 110 Å². The first kappa shape index (κ1) is 24.1. The molecule has 3 rings (SSSR count). The first-order valence-electron chi connectivity index (χ1n) is 9.62. The molecule has 3 aromatic rings. The third kappa shape index (κ3) is 5.83. The molecular formula is C21H22F3N5O3S. The lowest BCUT2D eigenvalue weighted by molar-refractivity contribution is -0.140. The summed E-state index contributed by atoms with van der Waals surface area (Å²) >= 11 is 1.53. The van der Waals surface area contributed by atoms with Gasteiger partial charge in [-0.15, -0.1) is 11.8 Å². The number of anilines is 2. The Labute approximate surface area is 191 Å². The van der Waals surface area contributed by atoms with Crippen molar-refractivity contribution in [2.24, 2.45) is 0 Å². The van der Waals surface area contributed by atoms with Crippen LogP contribution in [0.4, 0.5) is 24.5 Å². The second-order valence-corrected chi connectivity index (χ2v) is 7.81. The van der Waals surface area contributed by atoms with Crippen LogP contribution in [-0.4, -0.2) is 42.5 Å². The molecule has 1 aromatic heterocycles. The van der Waals surface area contributed by atoms with Crippen LogP contribution in [0.2, 0.25) is 0 Å². The fraction of sp³-hybridized carbons (Fsp3) is 0.238. The average Bonchev–Trinajstić information content (AvgIpc) is 3.14. The van der Waals surface area contributed by atoms with E-state index in [4.69, 9.17) is 10.5 Å². The summed E-state index contributed by atoms with van der Waals surface area (Å²) in [7, 11) is 1.50. The maximum Gasteiger partial charge on any atom is 0.406 e. The van der Waals surface area contributed by atoms with Crippen LogP contribution in [0.3, 0.4) is 0 Å². The zero-order valence-electron chi connectivity index (χ0n) is 17.7. The van der Waals surface area contributed by atoms with Crippen LogP contribution in [0.5, 0.6) is 5.75 Å². The molecule has 12 heteroatoms. The Morgan fingerprint density at radius 2 is 1.91 bits per heavy atom. The Morgan fingerprint density at radius 1 is 1.15 bits per heavy atom. The molecule has 0 saturated heterocycles. The van der Waals surface area contributed by atoms with Crippen LogP contribution in [0.15, 0.2) is 47.4 Å². The smallest absolute Gasteiger partial charge is 0.406 e. The minimum absolute atomic E-state index is 0.159. The van der Waals surface area contributed by atoms with Crippen molar-refractivity contribution < 1.29 is 27.5 Å². The van der Waals surface area contributed by atoms with Gasteiger partial charge < -0.3 is 20.4 Å². The Balaban J connectivity index is 1.69. The predicted octanol–water partition coefficient (Wildman–Crippen LogP) is 3.39. The highest BCUT2D eigenvalue weighted by atomic mass is 32.2. The number of halogens is 3. The normalized spacial score (nSPS) is 11.3. The van der Waals surface area contributed by atoms with Crippen molar-refractivity contribution in [1.82, 2.24) is 15.4 Å². The van der Waals surface area contributed by atoms with Gasteiger partial charge in [0.1, 0.15) is 18.0 Å². The number of nitrogens with one attached hydrogen (secondary N) is 3. The maximum absolute atomic E-state index is 13.1. The van der Waals surface area contributed by atoms with Gasteiger partial charge in [-0.05, 0) is 42.7 Å². The molecule has 0 aliphatic carbocycles. The molecule has 0 spiro atoms. The molecule has 2 amide bonds. The Morgan fingerprint density at radius 3 is 2.58 bits per heavy atom. The molecule has 0 bridgehead atoms. The van der Waals surface area contributed by atoms with E-state index >= 15 is 0 Å². The average molecular weight is 482 g/mol. The first-order chi connectivity index (χ1) is 15.6. The monoisotopic (exact) mass is 481 g/mol. The number of carbonyl (C=O) groups is 2. The number of ether oxygens (including phenoxy) is 1. The number of fused-ring (bicyclic) bond motifs is 1. The summed E-state index contributed by atoms with van der Waals surface area (Å²) in [5, 5.41) is 3.19. The van der Waals surface area contributed by atoms with Gasteiger partial charge in [0.05, 0.1) is 24.9 Å². The number of benzene rings is 2. The SMILES string of the molecule is COc1cc(SC)ccc1NCC(=O)NNC(=O)c1cc2c(N)cccc2n1CC(F)(F)F. The van der Waals surface area contributed by atoms with Crippen molar-refractivity contribution in [2.45, 2.75) is 17.6 Å². The van der Waals surface area contributed by atoms with Gasteiger partial charge in [-0.3, -0.25) is 20.4 Å². The molecule has 0 fully saturated rings. The third-order valence-electron chi connectivity index (χ3n) is 4.71. The molecule has 8 nitrogen and oxygen atoms in total. The standard InChI is InChI=1S/C21H22F3N5O3S/c1-32-18-8-12(33-2)6-7-15(18)26-10-19(30)27-28-20(31)17-9-13-14(25)4-3-5-16(13)29(17)11-21(22,23)24/h3-9,26H,10-11,25H2,1-2H3,(H,27,30)(H,28,31). The highest BCUT2D eigenvalue weighted by Crippen LogP contribution is 2.30. The lowest BCUT2D eigenvalue weighted by Crippen LogP contribution is -2.44. The lowest BCUT2D eigenvalue weighted by atomic mass is 10.2. The Kier molecular flexibility index (Phi) is 7.26. The van der Waals surface area contributed by atoms with E-state index in [0.717, 1.165) is 9.46 Å². The molecule has 0 aliphatic rings. The van der Waals surface area contributed by atoms with E-state index in [-0.39, 0.29) is 23.4 Å².